The van der Waals surface area contributed by atoms with Crippen molar-refractivity contribution < 1.29 is 39.5 Å². The average Bonchev–Trinajstić information content (AvgIpc) is 2.35. The number of nitrogens with zero attached hydrogens (tertiary/aromatic N) is 3. The second-order valence-corrected chi connectivity index (χ2v) is 3.38. The SMILES string of the molecule is CC(=NNc1nncc2ccccc12)C(=O)[O-].[Na+]. The minimum atomic E-state index is -1.33. The van der Waals surface area contributed by atoms with Crippen LogP contribution in [0.4, 0.5) is 5.82 Å². The number of fused-ring (bicyclic) bond motifs is 1. The molecule has 1 heterocycles. The van der Waals surface area contributed by atoms with Crippen LogP contribution in [0.5, 0.6) is 0 Å². The number of anilines is 1. The summed E-state index contributed by atoms with van der Waals surface area (Å²) in [6.45, 7) is 1.33. The molecule has 0 aliphatic heterocycles. The first-order chi connectivity index (χ1) is 8.18. The van der Waals surface area contributed by atoms with Gasteiger partial charge in [0.25, 0.3) is 0 Å². The standard InChI is InChI=1S/C11H10N4O2.Na/c1-7(11(16)17)13-15-10-9-5-3-2-4-8(9)6-12-14-10;/h2-6H,1H3,(H,14,15)(H,16,17);/q;+1/p-1. The van der Waals surface area contributed by atoms with Crippen LogP contribution in [0.3, 0.4) is 0 Å². The molecule has 2 aromatic rings. The van der Waals surface area contributed by atoms with Crippen molar-refractivity contribution in [2.24, 2.45) is 5.10 Å². The Kier molecular flexibility index (Phi) is 5.21. The van der Waals surface area contributed by atoms with Gasteiger partial charge in [0.2, 0.25) is 0 Å². The summed E-state index contributed by atoms with van der Waals surface area (Å²) in [5.74, 6) is -0.922. The fourth-order valence-corrected chi connectivity index (χ4v) is 1.29. The third kappa shape index (κ3) is 3.25. The smallest absolute Gasteiger partial charge is 0.543 e. The molecule has 0 aliphatic rings. The minimum absolute atomic E-state index is 0. The quantitative estimate of drug-likeness (QED) is 0.361. The van der Waals surface area contributed by atoms with Crippen LogP contribution in [0.25, 0.3) is 10.8 Å². The molecule has 1 aromatic carbocycles. The van der Waals surface area contributed by atoms with Gasteiger partial charge in [0.05, 0.1) is 17.9 Å². The van der Waals surface area contributed by atoms with Crippen molar-refractivity contribution in [2.45, 2.75) is 6.92 Å². The van der Waals surface area contributed by atoms with E-state index in [-0.39, 0.29) is 35.3 Å². The molecule has 0 atom stereocenters. The van der Waals surface area contributed by atoms with E-state index in [0.29, 0.717) is 5.82 Å². The number of benzene rings is 1. The Hall–Kier alpha value is -1.50. The zero-order valence-corrected chi connectivity index (χ0v) is 12.0. The van der Waals surface area contributed by atoms with Crippen LogP contribution in [0, 0.1) is 0 Å². The summed E-state index contributed by atoms with van der Waals surface area (Å²) >= 11 is 0. The van der Waals surface area contributed by atoms with Crippen LogP contribution in [0.15, 0.2) is 35.6 Å². The van der Waals surface area contributed by atoms with E-state index in [4.69, 9.17) is 0 Å². The summed E-state index contributed by atoms with van der Waals surface area (Å²) in [7, 11) is 0. The number of hydrazone groups is 1. The van der Waals surface area contributed by atoms with Gasteiger partial charge in [-0.3, -0.25) is 5.43 Å². The number of nitrogens with one attached hydrogen (secondary N) is 1. The molecular formula is C11H9N4NaO2. The van der Waals surface area contributed by atoms with Gasteiger partial charge in [-0.1, -0.05) is 24.3 Å². The number of carbonyl (C=O) groups excluding carboxylic acids is 1. The van der Waals surface area contributed by atoms with Crippen LogP contribution in [0.2, 0.25) is 0 Å². The first-order valence-electron chi connectivity index (χ1n) is 4.90. The van der Waals surface area contributed by atoms with Crippen LogP contribution >= 0.6 is 0 Å². The molecule has 0 saturated heterocycles. The van der Waals surface area contributed by atoms with Crippen LogP contribution in [-0.4, -0.2) is 21.9 Å². The van der Waals surface area contributed by atoms with Crippen LogP contribution in [0.1, 0.15) is 6.92 Å². The molecular weight excluding hydrogens is 243 g/mol. The number of carboxylic acid groups (broad SMARTS) is 1. The Morgan fingerprint density at radius 1 is 1.39 bits per heavy atom. The molecule has 0 aliphatic carbocycles. The van der Waals surface area contributed by atoms with Crippen molar-refractivity contribution in [3.8, 4) is 0 Å². The second kappa shape index (κ2) is 6.44. The van der Waals surface area contributed by atoms with E-state index in [0.717, 1.165) is 10.8 Å². The average molecular weight is 252 g/mol. The van der Waals surface area contributed by atoms with E-state index in [1.165, 1.54) is 6.92 Å². The molecule has 0 fully saturated rings. The molecule has 86 valence electrons. The molecule has 0 spiro atoms. The number of rotatable bonds is 3. The van der Waals surface area contributed by atoms with E-state index in [1.54, 1.807) is 6.20 Å². The normalized spacial score (nSPS) is 10.8. The van der Waals surface area contributed by atoms with Gasteiger partial charge in [-0.2, -0.15) is 10.2 Å². The third-order valence-corrected chi connectivity index (χ3v) is 2.20. The van der Waals surface area contributed by atoms with Crippen molar-refractivity contribution in [2.75, 3.05) is 5.43 Å². The number of carboxylic acids is 1. The Morgan fingerprint density at radius 2 is 2.11 bits per heavy atom. The number of hydrogen-bond acceptors (Lipinski definition) is 6. The molecule has 0 unspecified atom stereocenters. The number of hydrogen-bond donors (Lipinski definition) is 1. The predicted molar refractivity (Wildman–Crippen MR) is 61.3 cm³/mol. The Labute approximate surface area is 125 Å². The molecule has 6 nitrogen and oxygen atoms in total. The third-order valence-electron chi connectivity index (χ3n) is 2.20. The molecule has 7 heteroatoms. The van der Waals surface area contributed by atoms with Gasteiger partial charge < -0.3 is 9.90 Å². The molecule has 2 rings (SSSR count). The summed E-state index contributed by atoms with van der Waals surface area (Å²) in [6, 6.07) is 7.45. The minimum Gasteiger partial charge on any atom is -0.543 e. The fourth-order valence-electron chi connectivity index (χ4n) is 1.29. The molecule has 0 saturated carbocycles. The summed E-state index contributed by atoms with van der Waals surface area (Å²) in [6.07, 6.45) is 1.62. The maximum atomic E-state index is 10.5. The van der Waals surface area contributed by atoms with Crippen LogP contribution < -0.4 is 40.1 Å². The van der Waals surface area contributed by atoms with Gasteiger partial charge in [0, 0.05) is 10.8 Å². The maximum absolute atomic E-state index is 10.5. The van der Waals surface area contributed by atoms with Gasteiger partial charge in [-0.05, 0) is 6.92 Å². The number of carbonyl (C=O) groups is 1. The van der Waals surface area contributed by atoms with Gasteiger partial charge in [-0.15, -0.1) is 5.10 Å². The molecule has 1 N–H and O–H groups in total. The fraction of sp³-hybridized carbons (Fsp3) is 0.0909. The van der Waals surface area contributed by atoms with E-state index in [1.807, 2.05) is 24.3 Å². The van der Waals surface area contributed by atoms with E-state index in [9.17, 15) is 9.90 Å². The van der Waals surface area contributed by atoms with Crippen molar-refractivity contribution in [1.29, 1.82) is 0 Å². The summed E-state index contributed by atoms with van der Waals surface area (Å²) in [5.41, 5.74) is 2.41. The zero-order chi connectivity index (χ0) is 12.3. The zero-order valence-electron chi connectivity index (χ0n) is 10.0. The van der Waals surface area contributed by atoms with Gasteiger partial charge in [-0.25, -0.2) is 0 Å². The molecule has 0 amide bonds. The Balaban J connectivity index is 0.00000162. The molecule has 18 heavy (non-hydrogen) atoms. The van der Waals surface area contributed by atoms with Crippen molar-refractivity contribution in [3.05, 3.63) is 30.5 Å². The van der Waals surface area contributed by atoms with E-state index >= 15 is 0 Å². The van der Waals surface area contributed by atoms with E-state index in [2.05, 4.69) is 20.7 Å². The van der Waals surface area contributed by atoms with Gasteiger partial charge in [0.1, 0.15) is 0 Å². The summed E-state index contributed by atoms with van der Waals surface area (Å²) in [5, 5.41) is 23.5. The van der Waals surface area contributed by atoms with Crippen molar-refractivity contribution in [1.82, 2.24) is 10.2 Å². The second-order valence-electron chi connectivity index (χ2n) is 3.38. The van der Waals surface area contributed by atoms with Crippen molar-refractivity contribution in [3.63, 3.8) is 0 Å². The topological polar surface area (TPSA) is 90.3 Å². The van der Waals surface area contributed by atoms with E-state index < -0.39 is 5.97 Å². The Morgan fingerprint density at radius 3 is 2.83 bits per heavy atom. The first kappa shape index (κ1) is 14.6. The summed E-state index contributed by atoms with van der Waals surface area (Å²) < 4.78 is 0. The number of aliphatic carboxylic acids is 1. The van der Waals surface area contributed by atoms with Crippen LogP contribution in [-0.2, 0) is 4.79 Å². The maximum Gasteiger partial charge on any atom is 1.00 e. The molecule has 0 radical (unpaired) electrons. The largest absolute Gasteiger partial charge is 1.00 e. The number of aromatic nitrogens is 2. The summed E-state index contributed by atoms with van der Waals surface area (Å²) in [4.78, 5) is 10.5. The molecule has 0 bridgehead atoms. The predicted octanol–water partition coefficient (Wildman–Crippen LogP) is -2.83. The van der Waals surface area contributed by atoms with Gasteiger partial charge >= 0.3 is 29.6 Å². The monoisotopic (exact) mass is 252 g/mol. The Bertz CT molecular complexity index is 595. The first-order valence-corrected chi connectivity index (χ1v) is 4.90. The van der Waals surface area contributed by atoms with Crippen molar-refractivity contribution >= 4 is 28.3 Å². The van der Waals surface area contributed by atoms with Gasteiger partial charge in [0.15, 0.2) is 5.82 Å². The molecule has 1 aromatic heterocycles.